The molecule has 1 saturated carbocycles. The van der Waals surface area contributed by atoms with Crippen LogP contribution in [0.15, 0.2) is 54.7 Å². The molecule has 3 aromatic rings. The van der Waals surface area contributed by atoms with Crippen LogP contribution in [0.5, 0.6) is 0 Å². The topological polar surface area (TPSA) is 37.3 Å². The largest absolute Gasteiger partial charge is 0.355 e. The quantitative estimate of drug-likeness (QED) is 0.400. The summed E-state index contributed by atoms with van der Waals surface area (Å²) >= 11 is 0. The minimum Gasteiger partial charge on any atom is -0.355 e. The molecule has 1 aromatic heterocycles. The van der Waals surface area contributed by atoms with Crippen LogP contribution in [0.1, 0.15) is 74.0 Å². The van der Waals surface area contributed by atoms with Crippen molar-refractivity contribution < 1.29 is 4.79 Å². The van der Waals surface area contributed by atoms with E-state index >= 15 is 0 Å². The lowest BCUT2D eigenvalue weighted by atomic mass is 9.75. The number of amides is 1. The number of para-hydroxylation sites is 1. The molecule has 1 aliphatic heterocycles. The number of hydrogen-bond acceptors (Lipinski definition) is 2. The van der Waals surface area contributed by atoms with E-state index in [0.717, 1.165) is 19.6 Å². The van der Waals surface area contributed by atoms with Gasteiger partial charge in [-0.3, -0.25) is 4.79 Å². The molecule has 1 amide bonds. The molecule has 0 bridgehead atoms. The molecule has 0 spiro atoms. The molecule has 1 atom stereocenters. The lowest BCUT2D eigenvalue weighted by Gasteiger charge is -2.30. The third-order valence-corrected chi connectivity index (χ3v) is 8.27. The summed E-state index contributed by atoms with van der Waals surface area (Å²) in [6.07, 6.45) is 11.9. The summed E-state index contributed by atoms with van der Waals surface area (Å²) in [5.74, 6) is 1.09. The normalized spacial score (nSPS) is 18.2. The predicted molar refractivity (Wildman–Crippen MR) is 145 cm³/mol. The van der Waals surface area contributed by atoms with E-state index in [1.54, 1.807) is 0 Å². The summed E-state index contributed by atoms with van der Waals surface area (Å²) in [5, 5.41) is 4.58. The number of fused-ring (bicyclic) bond motifs is 1. The molecule has 4 heteroatoms. The van der Waals surface area contributed by atoms with Gasteiger partial charge in [-0.25, -0.2) is 0 Å². The Hall–Kier alpha value is -2.59. The summed E-state index contributed by atoms with van der Waals surface area (Å²) in [6.45, 7) is 7.11. The fourth-order valence-corrected chi connectivity index (χ4v) is 6.29. The van der Waals surface area contributed by atoms with E-state index in [4.69, 9.17) is 0 Å². The van der Waals surface area contributed by atoms with Crippen LogP contribution in [0.25, 0.3) is 10.9 Å². The van der Waals surface area contributed by atoms with Gasteiger partial charge >= 0.3 is 0 Å². The Morgan fingerprint density at radius 3 is 2.49 bits per heavy atom. The number of rotatable bonds is 9. The molecule has 2 heterocycles. The Bertz CT molecular complexity index is 1100. The molecule has 1 N–H and O–H groups in total. The van der Waals surface area contributed by atoms with Gasteiger partial charge < -0.3 is 14.8 Å². The second-order valence-corrected chi connectivity index (χ2v) is 10.8. The summed E-state index contributed by atoms with van der Waals surface area (Å²) in [4.78, 5) is 15.6. The summed E-state index contributed by atoms with van der Waals surface area (Å²) < 4.78 is 2.40. The van der Waals surface area contributed by atoms with E-state index in [2.05, 4.69) is 76.4 Å². The number of hydrogen-bond donors (Lipinski definition) is 1. The van der Waals surface area contributed by atoms with Gasteiger partial charge in [0.1, 0.15) is 0 Å². The SMILES string of the molecule is Cc1ccc(Cn2cc([C@@H](CC(=O)NCCN3CCCC3)C3CCCCC3)c3ccccc32)cc1. The van der Waals surface area contributed by atoms with Crippen molar-refractivity contribution in [2.45, 2.75) is 70.8 Å². The number of nitrogens with zero attached hydrogens (tertiary/aromatic N) is 2. The molecule has 0 unspecified atom stereocenters. The molecule has 2 aliphatic rings. The van der Waals surface area contributed by atoms with Crippen molar-refractivity contribution in [2.24, 2.45) is 5.92 Å². The maximum atomic E-state index is 13.2. The Labute approximate surface area is 210 Å². The monoisotopic (exact) mass is 471 g/mol. The van der Waals surface area contributed by atoms with E-state index in [0.29, 0.717) is 12.3 Å². The van der Waals surface area contributed by atoms with Crippen LogP contribution < -0.4 is 5.32 Å². The molecule has 0 radical (unpaired) electrons. The van der Waals surface area contributed by atoms with Gasteiger partial charge in [-0.05, 0) is 74.7 Å². The molecule has 1 saturated heterocycles. The van der Waals surface area contributed by atoms with Crippen LogP contribution >= 0.6 is 0 Å². The minimum atomic E-state index is 0.218. The van der Waals surface area contributed by atoms with Crippen LogP contribution in [-0.4, -0.2) is 41.6 Å². The molecule has 1 aliphatic carbocycles. The maximum Gasteiger partial charge on any atom is 0.220 e. The highest BCUT2D eigenvalue weighted by atomic mass is 16.1. The van der Waals surface area contributed by atoms with Crippen molar-refractivity contribution in [3.8, 4) is 0 Å². The van der Waals surface area contributed by atoms with Crippen LogP contribution in [0.2, 0.25) is 0 Å². The Balaban J connectivity index is 1.38. The van der Waals surface area contributed by atoms with E-state index < -0.39 is 0 Å². The number of likely N-dealkylation sites (tertiary alicyclic amines) is 1. The first-order chi connectivity index (χ1) is 17.2. The number of benzene rings is 2. The summed E-state index contributed by atoms with van der Waals surface area (Å²) in [7, 11) is 0. The second-order valence-electron chi connectivity index (χ2n) is 10.8. The van der Waals surface area contributed by atoms with Gasteiger partial charge in [-0.1, -0.05) is 67.3 Å². The van der Waals surface area contributed by atoms with E-state index in [-0.39, 0.29) is 11.8 Å². The first-order valence-corrected chi connectivity index (χ1v) is 13.8. The fourth-order valence-electron chi connectivity index (χ4n) is 6.29. The first-order valence-electron chi connectivity index (χ1n) is 13.8. The molecule has 35 heavy (non-hydrogen) atoms. The van der Waals surface area contributed by atoms with Gasteiger partial charge in [0.25, 0.3) is 0 Å². The highest BCUT2D eigenvalue weighted by Crippen LogP contribution is 2.41. The van der Waals surface area contributed by atoms with E-state index in [1.807, 2.05) is 0 Å². The molecule has 5 rings (SSSR count). The highest BCUT2D eigenvalue weighted by Gasteiger charge is 2.29. The van der Waals surface area contributed by atoms with E-state index in [9.17, 15) is 4.79 Å². The molecule has 186 valence electrons. The maximum absolute atomic E-state index is 13.2. The summed E-state index contributed by atoms with van der Waals surface area (Å²) in [6, 6.07) is 17.6. The van der Waals surface area contributed by atoms with Crippen LogP contribution in [-0.2, 0) is 11.3 Å². The summed E-state index contributed by atoms with van der Waals surface area (Å²) in [5.41, 5.74) is 5.25. The van der Waals surface area contributed by atoms with Crippen molar-refractivity contribution in [3.05, 3.63) is 71.4 Å². The van der Waals surface area contributed by atoms with Gasteiger partial charge in [0.2, 0.25) is 5.91 Å². The van der Waals surface area contributed by atoms with Crippen LogP contribution in [0.3, 0.4) is 0 Å². The van der Waals surface area contributed by atoms with E-state index in [1.165, 1.54) is 85.6 Å². The van der Waals surface area contributed by atoms with Crippen LogP contribution in [0.4, 0.5) is 0 Å². The number of carbonyl (C=O) groups is 1. The Morgan fingerprint density at radius 2 is 1.71 bits per heavy atom. The molecular formula is C31H41N3O. The third kappa shape index (κ3) is 5.98. The molecule has 2 fully saturated rings. The van der Waals surface area contributed by atoms with Gasteiger partial charge in [0, 0.05) is 43.2 Å². The third-order valence-electron chi connectivity index (χ3n) is 8.27. The van der Waals surface area contributed by atoms with Gasteiger partial charge in [0.15, 0.2) is 0 Å². The van der Waals surface area contributed by atoms with Crippen molar-refractivity contribution >= 4 is 16.8 Å². The highest BCUT2D eigenvalue weighted by molar-refractivity contribution is 5.86. The zero-order chi connectivity index (χ0) is 24.0. The minimum absolute atomic E-state index is 0.218. The average Bonchev–Trinajstić information content (AvgIpc) is 3.53. The molecule has 2 aromatic carbocycles. The lowest BCUT2D eigenvalue weighted by molar-refractivity contribution is -0.121. The zero-order valence-corrected chi connectivity index (χ0v) is 21.3. The predicted octanol–water partition coefficient (Wildman–Crippen LogP) is 6.26. The second kappa shape index (κ2) is 11.4. The number of nitrogens with one attached hydrogen (secondary N) is 1. The van der Waals surface area contributed by atoms with Gasteiger partial charge in [-0.2, -0.15) is 0 Å². The van der Waals surface area contributed by atoms with Crippen molar-refractivity contribution in [2.75, 3.05) is 26.2 Å². The lowest BCUT2D eigenvalue weighted by Crippen LogP contribution is -2.34. The smallest absolute Gasteiger partial charge is 0.220 e. The number of aryl methyl sites for hydroxylation is 1. The van der Waals surface area contributed by atoms with Crippen molar-refractivity contribution in [1.29, 1.82) is 0 Å². The van der Waals surface area contributed by atoms with Crippen LogP contribution in [0, 0.1) is 12.8 Å². The Kier molecular flexibility index (Phi) is 7.88. The number of aromatic nitrogens is 1. The number of carbonyl (C=O) groups excluding carboxylic acids is 1. The standard InChI is InChI=1S/C31H41N3O/c1-24-13-15-25(16-14-24)22-34-23-29(27-11-5-6-12-30(27)34)28(26-9-3-2-4-10-26)21-31(35)32-17-20-33-18-7-8-19-33/h5-6,11-16,23,26,28H,2-4,7-10,17-22H2,1H3,(H,32,35)/t28-/m0/s1. The molecular weight excluding hydrogens is 430 g/mol. The fraction of sp³-hybridized carbons (Fsp3) is 0.516. The first kappa shape index (κ1) is 24.1. The van der Waals surface area contributed by atoms with Crippen molar-refractivity contribution in [3.63, 3.8) is 0 Å². The Morgan fingerprint density at radius 1 is 0.971 bits per heavy atom. The van der Waals surface area contributed by atoms with Gasteiger partial charge in [-0.15, -0.1) is 0 Å². The zero-order valence-electron chi connectivity index (χ0n) is 21.3. The van der Waals surface area contributed by atoms with Crippen molar-refractivity contribution in [1.82, 2.24) is 14.8 Å². The average molecular weight is 472 g/mol. The molecule has 4 nitrogen and oxygen atoms in total. The van der Waals surface area contributed by atoms with Gasteiger partial charge in [0.05, 0.1) is 0 Å².